The van der Waals surface area contributed by atoms with Gasteiger partial charge in [0, 0.05) is 17.5 Å². The Kier molecular flexibility index (Phi) is 3.43. The van der Waals surface area contributed by atoms with Crippen molar-refractivity contribution in [3.05, 3.63) is 51.4 Å². The Labute approximate surface area is 119 Å². The number of rotatable bonds is 2. The van der Waals surface area contributed by atoms with Gasteiger partial charge in [-0.05, 0) is 32.3 Å². The molecule has 1 aromatic carbocycles. The van der Waals surface area contributed by atoms with E-state index in [0.717, 1.165) is 29.7 Å². The van der Waals surface area contributed by atoms with Gasteiger partial charge in [0.15, 0.2) is 0 Å². The summed E-state index contributed by atoms with van der Waals surface area (Å²) in [7, 11) is 0. The van der Waals surface area contributed by atoms with Crippen LogP contribution in [0.2, 0.25) is 0 Å². The average molecular weight is 268 g/mol. The van der Waals surface area contributed by atoms with E-state index in [0.29, 0.717) is 11.7 Å². The minimum atomic E-state index is -0.0446. The van der Waals surface area contributed by atoms with Crippen molar-refractivity contribution in [2.24, 2.45) is 0 Å². The second-order valence-electron chi connectivity index (χ2n) is 5.82. The summed E-state index contributed by atoms with van der Waals surface area (Å²) in [6, 6.07) is 7.90. The Bertz CT molecular complexity index is 682. The molecule has 2 aromatic rings. The first kappa shape index (κ1) is 13.1. The number of benzene rings is 1. The van der Waals surface area contributed by atoms with E-state index in [4.69, 9.17) is 4.98 Å². The number of aryl methyl sites for hydroxylation is 2. The van der Waals surface area contributed by atoms with Gasteiger partial charge in [0.05, 0.1) is 5.69 Å². The Balaban J connectivity index is 2.07. The normalized spacial score (nSPS) is 15.7. The molecule has 0 aliphatic heterocycles. The summed E-state index contributed by atoms with van der Waals surface area (Å²) in [5, 5.41) is 0. The van der Waals surface area contributed by atoms with Gasteiger partial charge in [-0.3, -0.25) is 4.79 Å². The van der Waals surface area contributed by atoms with Gasteiger partial charge in [0.1, 0.15) is 5.82 Å². The lowest BCUT2D eigenvalue weighted by Gasteiger charge is -2.11. The minimum Gasteiger partial charge on any atom is -0.307 e. The maximum atomic E-state index is 11.9. The Hall–Kier alpha value is -1.90. The molecule has 0 amide bonds. The van der Waals surface area contributed by atoms with Crippen molar-refractivity contribution in [1.82, 2.24) is 9.97 Å². The highest BCUT2D eigenvalue weighted by molar-refractivity contribution is 5.60. The third-order valence-electron chi connectivity index (χ3n) is 4.17. The summed E-state index contributed by atoms with van der Waals surface area (Å²) in [5.41, 5.74) is 4.31. The first-order chi connectivity index (χ1) is 9.63. The highest BCUT2D eigenvalue weighted by atomic mass is 16.1. The van der Waals surface area contributed by atoms with E-state index in [-0.39, 0.29) is 5.56 Å². The average Bonchev–Trinajstić information content (AvgIpc) is 2.91. The molecule has 0 saturated heterocycles. The fraction of sp³-hybridized carbons (Fsp3) is 0.412. The van der Waals surface area contributed by atoms with E-state index < -0.39 is 0 Å². The van der Waals surface area contributed by atoms with Crippen LogP contribution in [0.5, 0.6) is 0 Å². The molecular weight excluding hydrogens is 248 g/mol. The molecule has 3 nitrogen and oxygen atoms in total. The van der Waals surface area contributed by atoms with Gasteiger partial charge in [-0.1, -0.05) is 36.6 Å². The highest BCUT2D eigenvalue weighted by Gasteiger charge is 2.19. The van der Waals surface area contributed by atoms with Crippen LogP contribution >= 0.6 is 0 Å². The van der Waals surface area contributed by atoms with Crippen molar-refractivity contribution in [1.29, 1.82) is 0 Å². The monoisotopic (exact) mass is 268 g/mol. The number of nitrogens with zero attached hydrogens (tertiary/aromatic N) is 1. The molecule has 0 radical (unpaired) electrons. The number of nitrogens with one attached hydrogen (secondary N) is 1. The Morgan fingerprint density at radius 3 is 2.60 bits per heavy atom. The van der Waals surface area contributed by atoms with Crippen LogP contribution in [0.25, 0.3) is 11.4 Å². The van der Waals surface area contributed by atoms with Crippen molar-refractivity contribution in [2.75, 3.05) is 0 Å². The van der Waals surface area contributed by atoms with E-state index in [1.165, 1.54) is 18.4 Å². The molecule has 0 unspecified atom stereocenters. The van der Waals surface area contributed by atoms with Crippen LogP contribution in [0, 0.1) is 13.8 Å². The third-order valence-corrected chi connectivity index (χ3v) is 4.17. The Morgan fingerprint density at radius 1 is 1.15 bits per heavy atom. The van der Waals surface area contributed by atoms with Crippen molar-refractivity contribution in [2.45, 2.75) is 45.4 Å². The maximum absolute atomic E-state index is 11.9. The second kappa shape index (κ2) is 5.23. The fourth-order valence-corrected chi connectivity index (χ4v) is 3.11. The largest absolute Gasteiger partial charge is 0.307 e. The quantitative estimate of drug-likeness (QED) is 0.902. The molecule has 20 heavy (non-hydrogen) atoms. The van der Waals surface area contributed by atoms with E-state index in [2.05, 4.69) is 31.0 Å². The molecule has 104 valence electrons. The van der Waals surface area contributed by atoms with Gasteiger partial charge in [0.25, 0.3) is 5.56 Å². The lowest BCUT2D eigenvalue weighted by Crippen LogP contribution is -2.12. The van der Waals surface area contributed by atoms with Gasteiger partial charge in [-0.2, -0.15) is 0 Å². The van der Waals surface area contributed by atoms with E-state index in [1.54, 1.807) is 6.07 Å². The summed E-state index contributed by atoms with van der Waals surface area (Å²) in [6.45, 7) is 4.13. The van der Waals surface area contributed by atoms with Crippen LogP contribution in [0.4, 0.5) is 0 Å². The van der Waals surface area contributed by atoms with Crippen LogP contribution in [0.1, 0.15) is 48.4 Å². The number of H-pyrrole nitrogens is 1. The van der Waals surface area contributed by atoms with Crippen LogP contribution in [0.3, 0.4) is 0 Å². The SMILES string of the molecule is Cc1ccc(-c2nc(C3CCCC3)cc(=O)[nH]2)c(C)c1. The number of hydrogen-bond acceptors (Lipinski definition) is 2. The summed E-state index contributed by atoms with van der Waals surface area (Å²) >= 11 is 0. The minimum absolute atomic E-state index is 0.0446. The van der Waals surface area contributed by atoms with Crippen LogP contribution < -0.4 is 5.56 Å². The molecule has 3 heteroatoms. The van der Waals surface area contributed by atoms with Gasteiger partial charge in [0.2, 0.25) is 0 Å². The van der Waals surface area contributed by atoms with E-state index in [9.17, 15) is 4.79 Å². The first-order valence-electron chi connectivity index (χ1n) is 7.32. The molecule has 1 aliphatic rings. The molecule has 1 aliphatic carbocycles. The molecule has 1 aromatic heterocycles. The van der Waals surface area contributed by atoms with Crippen LogP contribution in [0.15, 0.2) is 29.1 Å². The van der Waals surface area contributed by atoms with Gasteiger partial charge >= 0.3 is 0 Å². The molecule has 1 heterocycles. The molecule has 1 fully saturated rings. The van der Waals surface area contributed by atoms with Crippen molar-refractivity contribution in [3.8, 4) is 11.4 Å². The number of hydrogen-bond donors (Lipinski definition) is 1. The lowest BCUT2D eigenvalue weighted by atomic mass is 10.0. The maximum Gasteiger partial charge on any atom is 0.251 e. The fourth-order valence-electron chi connectivity index (χ4n) is 3.11. The zero-order valence-corrected chi connectivity index (χ0v) is 12.1. The summed E-state index contributed by atoms with van der Waals surface area (Å²) in [4.78, 5) is 19.5. The lowest BCUT2D eigenvalue weighted by molar-refractivity contribution is 0.693. The number of aromatic nitrogens is 2. The highest BCUT2D eigenvalue weighted by Crippen LogP contribution is 2.33. The molecule has 0 spiro atoms. The van der Waals surface area contributed by atoms with Gasteiger partial charge < -0.3 is 4.98 Å². The van der Waals surface area contributed by atoms with Crippen molar-refractivity contribution < 1.29 is 0 Å². The smallest absolute Gasteiger partial charge is 0.251 e. The molecular formula is C17H20N2O. The zero-order chi connectivity index (χ0) is 14.1. The summed E-state index contributed by atoms with van der Waals surface area (Å²) in [5.74, 6) is 1.17. The van der Waals surface area contributed by atoms with Crippen molar-refractivity contribution in [3.63, 3.8) is 0 Å². The van der Waals surface area contributed by atoms with Gasteiger partial charge in [-0.25, -0.2) is 4.98 Å². The number of aromatic amines is 1. The predicted octanol–water partition coefficient (Wildman–Crippen LogP) is 3.71. The molecule has 0 bridgehead atoms. The Morgan fingerprint density at radius 2 is 1.90 bits per heavy atom. The van der Waals surface area contributed by atoms with Crippen LogP contribution in [-0.4, -0.2) is 9.97 Å². The van der Waals surface area contributed by atoms with Crippen molar-refractivity contribution >= 4 is 0 Å². The molecule has 1 N–H and O–H groups in total. The third kappa shape index (κ3) is 2.53. The summed E-state index contributed by atoms with van der Waals surface area (Å²) < 4.78 is 0. The van der Waals surface area contributed by atoms with Gasteiger partial charge in [-0.15, -0.1) is 0 Å². The molecule has 0 atom stereocenters. The standard InChI is InChI=1S/C17H20N2O/c1-11-7-8-14(12(2)9-11)17-18-15(10-16(20)19-17)13-5-3-4-6-13/h7-10,13H,3-6H2,1-2H3,(H,18,19,20). The predicted molar refractivity (Wildman–Crippen MR) is 81.0 cm³/mol. The van der Waals surface area contributed by atoms with Crippen LogP contribution in [-0.2, 0) is 0 Å². The first-order valence-corrected chi connectivity index (χ1v) is 7.32. The zero-order valence-electron chi connectivity index (χ0n) is 12.1. The topological polar surface area (TPSA) is 45.8 Å². The van der Waals surface area contributed by atoms with E-state index >= 15 is 0 Å². The van der Waals surface area contributed by atoms with E-state index in [1.807, 2.05) is 6.07 Å². The second-order valence-corrected chi connectivity index (χ2v) is 5.82. The molecule has 1 saturated carbocycles. The molecule has 3 rings (SSSR count). The summed E-state index contributed by atoms with van der Waals surface area (Å²) in [6.07, 6.45) is 4.81.